The molecule has 0 fully saturated rings. The lowest BCUT2D eigenvalue weighted by Gasteiger charge is -2.28. The largest absolute Gasteiger partial charge is 0.478 e. The molecule has 0 aliphatic carbocycles. The van der Waals surface area contributed by atoms with Gasteiger partial charge in [-0.1, -0.05) is 25.5 Å². The monoisotopic (exact) mass is 501 g/mol. The van der Waals surface area contributed by atoms with E-state index in [1.54, 1.807) is 28.0 Å². The zero-order chi connectivity index (χ0) is 27.1. The van der Waals surface area contributed by atoms with Crippen molar-refractivity contribution < 1.29 is 24.2 Å². The van der Waals surface area contributed by atoms with E-state index in [4.69, 9.17) is 4.74 Å². The van der Waals surface area contributed by atoms with Crippen molar-refractivity contribution in [3.05, 3.63) is 54.9 Å². The van der Waals surface area contributed by atoms with Crippen molar-refractivity contribution in [3.8, 4) is 0 Å². The van der Waals surface area contributed by atoms with E-state index in [0.29, 0.717) is 51.1 Å². The number of carbonyl (C=O) groups is 3. The van der Waals surface area contributed by atoms with Crippen LogP contribution < -0.4 is 0 Å². The predicted molar refractivity (Wildman–Crippen MR) is 142 cm³/mol. The minimum absolute atomic E-state index is 0.0155. The third kappa shape index (κ3) is 11.5. The Morgan fingerprint density at radius 1 is 1.08 bits per heavy atom. The molecule has 0 aliphatic rings. The first kappa shape index (κ1) is 30.9. The molecule has 1 heterocycles. The van der Waals surface area contributed by atoms with E-state index in [1.807, 2.05) is 27.7 Å². The minimum Gasteiger partial charge on any atom is -0.478 e. The molecule has 1 rings (SSSR count). The highest BCUT2D eigenvalue weighted by molar-refractivity contribution is 5.87. The summed E-state index contributed by atoms with van der Waals surface area (Å²) in [6.07, 6.45) is 8.59. The summed E-state index contributed by atoms with van der Waals surface area (Å²) in [5, 5.41) is 9.25. The molecule has 0 spiro atoms. The Labute approximate surface area is 216 Å². The molecule has 0 saturated carbocycles. The topological polar surface area (TPSA) is 100 Å². The second kappa shape index (κ2) is 15.8. The van der Waals surface area contributed by atoms with Gasteiger partial charge in [0.2, 0.25) is 5.91 Å². The Hall–Kier alpha value is -3.16. The molecule has 0 aliphatic heterocycles. The summed E-state index contributed by atoms with van der Waals surface area (Å²) < 4.78 is 5.53. The Bertz CT molecular complexity index is 868. The van der Waals surface area contributed by atoms with Gasteiger partial charge in [0, 0.05) is 44.0 Å². The van der Waals surface area contributed by atoms with E-state index in [9.17, 15) is 19.5 Å². The second-order valence-electron chi connectivity index (χ2n) is 9.86. The van der Waals surface area contributed by atoms with E-state index in [0.717, 1.165) is 19.3 Å². The van der Waals surface area contributed by atoms with Crippen LogP contribution in [0.2, 0.25) is 0 Å². The molecule has 0 radical (unpaired) electrons. The number of amides is 2. The van der Waals surface area contributed by atoms with Gasteiger partial charge >= 0.3 is 12.1 Å². The first-order valence-corrected chi connectivity index (χ1v) is 12.7. The van der Waals surface area contributed by atoms with Crippen LogP contribution in [0.15, 0.2) is 43.6 Å². The molecule has 1 N–H and O–H groups in total. The number of aromatic nitrogens is 1. The summed E-state index contributed by atoms with van der Waals surface area (Å²) in [6, 6.07) is 3.01. The number of carboxylic acids is 1. The van der Waals surface area contributed by atoms with Crippen molar-refractivity contribution in [2.75, 3.05) is 26.2 Å². The highest BCUT2D eigenvalue weighted by Crippen LogP contribution is 2.20. The first-order valence-electron chi connectivity index (χ1n) is 12.7. The first-order chi connectivity index (χ1) is 17.0. The van der Waals surface area contributed by atoms with Gasteiger partial charge in [-0.15, -0.1) is 13.2 Å². The van der Waals surface area contributed by atoms with Gasteiger partial charge in [0.15, 0.2) is 0 Å². The number of unbranched alkanes of at least 4 members (excludes halogenated alkanes) is 1. The second-order valence-corrected chi connectivity index (χ2v) is 9.86. The molecule has 0 unspecified atom stereocenters. The van der Waals surface area contributed by atoms with E-state index in [-0.39, 0.29) is 23.5 Å². The molecule has 0 bridgehead atoms. The van der Waals surface area contributed by atoms with E-state index >= 15 is 0 Å². The Kier molecular flexibility index (Phi) is 13.5. The number of carbonyl (C=O) groups excluding carboxylic acids is 2. The molecule has 36 heavy (non-hydrogen) atoms. The normalized spacial score (nSPS) is 11.9. The number of rotatable bonds is 16. The van der Waals surface area contributed by atoms with Crippen LogP contribution in [0.1, 0.15) is 75.9 Å². The molecule has 8 heteroatoms. The maximum Gasteiger partial charge on any atom is 0.410 e. The van der Waals surface area contributed by atoms with Crippen LogP contribution in [0.4, 0.5) is 4.79 Å². The molecule has 1 aromatic rings. The summed E-state index contributed by atoms with van der Waals surface area (Å²) in [6.45, 7) is 17.1. The number of aromatic carboxylic acids is 1. The average Bonchev–Trinajstić information content (AvgIpc) is 2.81. The number of aryl methyl sites for hydroxylation is 1. The number of ether oxygens (including phenoxy) is 1. The van der Waals surface area contributed by atoms with Crippen LogP contribution in [0.25, 0.3) is 0 Å². The van der Waals surface area contributed by atoms with Gasteiger partial charge in [0.1, 0.15) is 5.60 Å². The molecule has 8 nitrogen and oxygen atoms in total. The molecule has 2 amide bonds. The third-order valence-electron chi connectivity index (χ3n) is 5.55. The third-order valence-corrected chi connectivity index (χ3v) is 5.55. The van der Waals surface area contributed by atoms with Crippen LogP contribution in [0.3, 0.4) is 0 Å². The maximum atomic E-state index is 13.3. The number of hydrogen-bond acceptors (Lipinski definition) is 5. The fourth-order valence-electron chi connectivity index (χ4n) is 3.87. The Balaban J connectivity index is 2.86. The lowest BCUT2D eigenvalue weighted by molar-refractivity contribution is -0.135. The molecular weight excluding hydrogens is 458 g/mol. The maximum absolute atomic E-state index is 13.3. The van der Waals surface area contributed by atoms with Gasteiger partial charge in [-0.05, 0) is 65.0 Å². The van der Waals surface area contributed by atoms with Crippen LogP contribution in [0.5, 0.6) is 0 Å². The molecular formula is C28H43N3O5. The summed E-state index contributed by atoms with van der Waals surface area (Å²) >= 11 is 0. The van der Waals surface area contributed by atoms with Gasteiger partial charge < -0.3 is 19.6 Å². The predicted octanol–water partition coefficient (Wildman–Crippen LogP) is 5.35. The standard InChI is InChI=1S/C28H43N3O5/c1-7-17-30(18-8-2)25(32)22(13-14-24-21-23(26(33)34)15-16-29-24)12-10-11-20-31(19-9-3)27(35)36-28(4,5)6/h7-8,15-16,21-22H,1-2,9-14,17-20H2,3-6H3,(H,33,34)/t22-/m0/s1. The number of carboxylic acid groups (broad SMARTS) is 1. The van der Waals surface area contributed by atoms with Crippen molar-refractivity contribution in [1.29, 1.82) is 0 Å². The van der Waals surface area contributed by atoms with Gasteiger partial charge in [-0.2, -0.15) is 0 Å². The Morgan fingerprint density at radius 3 is 2.31 bits per heavy atom. The van der Waals surface area contributed by atoms with Crippen molar-refractivity contribution in [2.24, 2.45) is 5.92 Å². The van der Waals surface area contributed by atoms with Gasteiger partial charge in [0.05, 0.1) is 5.56 Å². The van der Waals surface area contributed by atoms with Crippen LogP contribution in [-0.4, -0.2) is 69.6 Å². The summed E-state index contributed by atoms with van der Waals surface area (Å²) in [7, 11) is 0. The zero-order valence-corrected chi connectivity index (χ0v) is 22.4. The fourth-order valence-corrected chi connectivity index (χ4v) is 3.87. The SMILES string of the molecule is C=CCN(CC=C)C(=O)[C@@H](CCCCN(CCC)C(=O)OC(C)(C)C)CCc1cc(C(=O)O)ccn1. The number of nitrogens with zero attached hydrogens (tertiary/aromatic N) is 3. The van der Waals surface area contributed by atoms with Gasteiger partial charge in [-0.25, -0.2) is 9.59 Å². The van der Waals surface area contributed by atoms with Crippen LogP contribution in [0, 0.1) is 5.92 Å². The molecule has 1 atom stereocenters. The van der Waals surface area contributed by atoms with E-state index in [2.05, 4.69) is 18.1 Å². The van der Waals surface area contributed by atoms with Crippen molar-refractivity contribution in [2.45, 2.75) is 71.8 Å². The van der Waals surface area contributed by atoms with E-state index < -0.39 is 11.6 Å². The average molecular weight is 502 g/mol. The smallest absolute Gasteiger partial charge is 0.410 e. The number of hydrogen-bond donors (Lipinski definition) is 1. The van der Waals surface area contributed by atoms with Gasteiger partial charge in [0.25, 0.3) is 0 Å². The molecule has 200 valence electrons. The lowest BCUT2D eigenvalue weighted by Crippen LogP contribution is -2.38. The minimum atomic E-state index is -1.00. The lowest BCUT2D eigenvalue weighted by atomic mass is 9.93. The van der Waals surface area contributed by atoms with Crippen molar-refractivity contribution >= 4 is 18.0 Å². The van der Waals surface area contributed by atoms with Crippen LogP contribution >= 0.6 is 0 Å². The molecule has 0 aromatic carbocycles. The van der Waals surface area contributed by atoms with Crippen molar-refractivity contribution in [1.82, 2.24) is 14.8 Å². The highest BCUT2D eigenvalue weighted by Gasteiger charge is 2.24. The van der Waals surface area contributed by atoms with Crippen molar-refractivity contribution in [3.63, 3.8) is 0 Å². The fraction of sp³-hybridized carbons (Fsp3) is 0.571. The summed E-state index contributed by atoms with van der Waals surface area (Å²) in [5.74, 6) is -1.25. The zero-order valence-electron chi connectivity index (χ0n) is 22.4. The summed E-state index contributed by atoms with van der Waals surface area (Å²) in [4.78, 5) is 44.9. The Morgan fingerprint density at radius 2 is 1.75 bits per heavy atom. The van der Waals surface area contributed by atoms with Crippen LogP contribution in [-0.2, 0) is 16.0 Å². The van der Waals surface area contributed by atoms with Gasteiger partial charge in [-0.3, -0.25) is 9.78 Å². The van der Waals surface area contributed by atoms with E-state index in [1.165, 1.54) is 12.3 Å². The quantitative estimate of drug-likeness (QED) is 0.242. The summed E-state index contributed by atoms with van der Waals surface area (Å²) in [5.41, 5.74) is 0.276. The highest BCUT2D eigenvalue weighted by atomic mass is 16.6. The molecule has 1 aromatic heterocycles. The molecule has 0 saturated heterocycles. The number of pyridine rings is 1.